The number of fused-ring (bicyclic) bond motifs is 1. The molecule has 52 heavy (non-hydrogen) atoms. The number of aliphatic hydroxyl groups is 2. The van der Waals surface area contributed by atoms with Crippen LogP contribution in [0.4, 0.5) is 0 Å². The summed E-state index contributed by atoms with van der Waals surface area (Å²) in [5.41, 5.74) is 6.91. The second kappa shape index (κ2) is 17.8. The summed E-state index contributed by atoms with van der Waals surface area (Å²) in [7, 11) is -4.33. The van der Waals surface area contributed by atoms with E-state index in [1.807, 2.05) is 31.3 Å². The van der Waals surface area contributed by atoms with Crippen LogP contribution in [0.5, 0.6) is 0 Å². The minimum atomic E-state index is -4.33. The normalized spacial score (nSPS) is 15.4. The smallest absolute Gasteiger partial charge is 0.329 e. The molecule has 0 spiro atoms. The third-order valence-corrected chi connectivity index (χ3v) is 9.83. The van der Waals surface area contributed by atoms with Crippen molar-refractivity contribution in [2.24, 2.45) is 5.73 Å². The van der Waals surface area contributed by atoms with Crippen molar-refractivity contribution in [1.29, 1.82) is 0 Å². The second-order valence-corrected chi connectivity index (χ2v) is 15.0. The molecule has 1 aliphatic carbocycles. The Morgan fingerprint density at radius 2 is 1.56 bits per heavy atom. The zero-order chi connectivity index (χ0) is 38.1. The Kier molecular flexibility index (Phi) is 13.7. The van der Waals surface area contributed by atoms with Crippen molar-refractivity contribution in [3.05, 3.63) is 71.4 Å². The number of nitrogens with one attached hydrogen (secondary N) is 4. The number of amides is 5. The van der Waals surface area contributed by atoms with Crippen molar-refractivity contribution in [1.82, 2.24) is 25.8 Å². The first-order chi connectivity index (χ1) is 24.5. The molecule has 0 saturated heterocycles. The van der Waals surface area contributed by atoms with Gasteiger partial charge in [-0.25, -0.2) is 0 Å². The highest BCUT2D eigenvalue weighted by molar-refractivity contribution is 7.50. The van der Waals surface area contributed by atoms with Crippen LogP contribution in [-0.4, -0.2) is 84.6 Å². The van der Waals surface area contributed by atoms with E-state index in [-0.39, 0.29) is 25.8 Å². The number of rotatable bonds is 17. The third-order valence-electron chi connectivity index (χ3n) is 9.05. The number of hydrogen-bond acceptors (Lipinski definition) is 8. The molecule has 1 aromatic heterocycles. The van der Waals surface area contributed by atoms with E-state index in [1.54, 1.807) is 0 Å². The summed E-state index contributed by atoms with van der Waals surface area (Å²) in [6.07, 6.45) is 1.14. The van der Waals surface area contributed by atoms with Crippen LogP contribution in [0.25, 0.3) is 10.9 Å². The molecule has 1 heterocycles. The molecule has 0 radical (unpaired) electrons. The van der Waals surface area contributed by atoms with Crippen LogP contribution in [0.2, 0.25) is 0 Å². The molecule has 4 rings (SSSR count). The van der Waals surface area contributed by atoms with Gasteiger partial charge in [-0.15, -0.1) is 0 Å². The molecular formula is C35H47N6O10P. The van der Waals surface area contributed by atoms with Crippen LogP contribution in [0, 0.1) is 6.92 Å². The molecule has 282 valence electrons. The lowest BCUT2D eigenvalue weighted by Gasteiger charge is -2.38. The Balaban J connectivity index is 1.45. The van der Waals surface area contributed by atoms with E-state index < -0.39 is 73.6 Å². The largest absolute Gasteiger partial charge is 0.370 e. The van der Waals surface area contributed by atoms with Gasteiger partial charge in [0.15, 0.2) is 0 Å². The second-order valence-electron chi connectivity index (χ2n) is 13.3. The first kappa shape index (κ1) is 40.2. The standard InChI is InChI=1S/C35H47N6O10P/c1-22-6-11-28-25(18-22)12-17-41(28)16-5-15-37-30(43)27(20-29(36)42)39-34(48)35(13-3-2-4-14-35)40-31(44)26(38-32(45)33(46)47)19-23-7-9-24(10-8-23)21-52(49,50)51/h6-12,17-18,26-27,33,46-47H,2-5,13-16,19-21H2,1H3,(H2,36,42)(H,37,43)(H,38,45)(H,39,48)(H,40,44)(H2,49,50,51)/t26-,27-/m0/s1. The molecule has 1 fully saturated rings. The summed E-state index contributed by atoms with van der Waals surface area (Å²) >= 11 is 0. The average molecular weight is 743 g/mol. The van der Waals surface area contributed by atoms with E-state index in [0.29, 0.717) is 36.9 Å². The quantitative estimate of drug-likeness (QED) is 0.0521. The number of primary amides is 1. The SMILES string of the molecule is Cc1ccc2c(ccn2CCCNC(=O)[C@H](CC(N)=O)NC(=O)C2(NC(=O)[C@H](Cc3ccc(CP(=O)(O)O)cc3)NC(=O)C(O)O)CCCCC2)c1. The van der Waals surface area contributed by atoms with Crippen LogP contribution < -0.4 is 27.0 Å². The molecule has 2 aromatic carbocycles. The maximum Gasteiger partial charge on any atom is 0.329 e. The average Bonchev–Trinajstić information content (AvgIpc) is 3.47. The van der Waals surface area contributed by atoms with Crippen molar-refractivity contribution >= 4 is 48.0 Å². The zero-order valence-electron chi connectivity index (χ0n) is 28.9. The van der Waals surface area contributed by atoms with Crippen molar-refractivity contribution in [2.45, 2.75) is 94.9 Å². The first-order valence-electron chi connectivity index (χ1n) is 17.1. The summed E-state index contributed by atoms with van der Waals surface area (Å²) in [5.74, 6) is -4.26. The maximum atomic E-state index is 14.0. The van der Waals surface area contributed by atoms with E-state index in [1.165, 1.54) is 24.3 Å². The Bertz CT molecular complexity index is 1800. The number of nitrogens with two attached hydrogens (primary N) is 1. The van der Waals surface area contributed by atoms with Crippen LogP contribution >= 0.6 is 7.60 Å². The molecule has 0 unspecified atom stereocenters. The number of aromatic nitrogens is 1. The summed E-state index contributed by atoms with van der Waals surface area (Å²) in [6, 6.07) is 11.3. The lowest BCUT2D eigenvalue weighted by molar-refractivity contribution is -0.150. The van der Waals surface area contributed by atoms with E-state index >= 15 is 0 Å². The minimum Gasteiger partial charge on any atom is -0.370 e. The number of hydrogen-bond donors (Lipinski definition) is 9. The van der Waals surface area contributed by atoms with Crippen LogP contribution in [-0.2, 0) is 47.7 Å². The van der Waals surface area contributed by atoms with Crippen molar-refractivity contribution in [3.63, 3.8) is 0 Å². The van der Waals surface area contributed by atoms with Gasteiger partial charge in [0.2, 0.25) is 29.9 Å². The van der Waals surface area contributed by atoms with E-state index in [4.69, 9.17) is 5.73 Å². The van der Waals surface area contributed by atoms with Gasteiger partial charge in [0, 0.05) is 31.2 Å². The van der Waals surface area contributed by atoms with Crippen molar-refractivity contribution in [2.75, 3.05) is 6.54 Å². The molecule has 5 amide bonds. The zero-order valence-corrected chi connectivity index (χ0v) is 29.8. The Hall–Kier alpha value is -4.60. The number of carbonyl (C=O) groups excluding carboxylic acids is 5. The summed E-state index contributed by atoms with van der Waals surface area (Å²) in [4.78, 5) is 83.8. The van der Waals surface area contributed by atoms with Gasteiger partial charge in [-0.05, 0) is 60.9 Å². The Morgan fingerprint density at radius 3 is 2.19 bits per heavy atom. The molecule has 0 aliphatic heterocycles. The van der Waals surface area contributed by atoms with E-state index in [2.05, 4.69) is 31.9 Å². The fourth-order valence-electron chi connectivity index (χ4n) is 6.40. The van der Waals surface area contributed by atoms with Gasteiger partial charge in [-0.3, -0.25) is 28.5 Å². The molecule has 1 saturated carbocycles. The predicted molar refractivity (Wildman–Crippen MR) is 190 cm³/mol. The minimum absolute atomic E-state index is 0.177. The first-order valence-corrected chi connectivity index (χ1v) is 18.9. The molecule has 3 aromatic rings. The van der Waals surface area contributed by atoms with Gasteiger partial charge in [-0.1, -0.05) is 55.2 Å². The van der Waals surface area contributed by atoms with E-state index in [9.17, 15) is 48.5 Å². The number of aryl methyl sites for hydroxylation is 2. The van der Waals surface area contributed by atoms with Crippen molar-refractivity contribution < 1.29 is 48.5 Å². The van der Waals surface area contributed by atoms with Crippen LogP contribution in [0.15, 0.2) is 54.7 Å². The van der Waals surface area contributed by atoms with Gasteiger partial charge in [0.05, 0.1) is 12.6 Å². The fraction of sp³-hybridized carbons (Fsp3) is 0.457. The van der Waals surface area contributed by atoms with Crippen LogP contribution in [0.3, 0.4) is 0 Å². The van der Waals surface area contributed by atoms with Crippen LogP contribution in [0.1, 0.15) is 61.6 Å². The molecule has 2 atom stereocenters. The van der Waals surface area contributed by atoms with Crippen molar-refractivity contribution in [3.8, 4) is 0 Å². The molecule has 17 heteroatoms. The molecular weight excluding hydrogens is 695 g/mol. The van der Waals surface area contributed by atoms with E-state index in [0.717, 1.165) is 22.9 Å². The highest BCUT2D eigenvalue weighted by Gasteiger charge is 2.43. The van der Waals surface area contributed by atoms with Gasteiger partial charge < -0.3 is 51.6 Å². The molecule has 1 aliphatic rings. The summed E-state index contributed by atoms with van der Waals surface area (Å²) in [6.45, 7) is 2.87. The number of benzene rings is 2. The Morgan fingerprint density at radius 1 is 0.885 bits per heavy atom. The third kappa shape index (κ3) is 11.5. The number of nitrogens with zero attached hydrogens (tertiary/aromatic N) is 1. The molecule has 0 bridgehead atoms. The molecule has 16 nitrogen and oxygen atoms in total. The highest BCUT2D eigenvalue weighted by atomic mass is 31.2. The summed E-state index contributed by atoms with van der Waals surface area (Å²) < 4.78 is 13.4. The predicted octanol–water partition coefficient (Wildman–Crippen LogP) is 0.351. The van der Waals surface area contributed by atoms with Gasteiger partial charge in [-0.2, -0.15) is 0 Å². The highest BCUT2D eigenvalue weighted by Crippen LogP contribution is 2.39. The van der Waals surface area contributed by atoms with Gasteiger partial charge >= 0.3 is 7.60 Å². The number of carbonyl (C=O) groups is 5. The summed E-state index contributed by atoms with van der Waals surface area (Å²) in [5, 5.41) is 30.3. The lowest BCUT2D eigenvalue weighted by Crippen LogP contribution is -2.65. The Labute approximate surface area is 300 Å². The van der Waals surface area contributed by atoms with Gasteiger partial charge in [0.25, 0.3) is 5.91 Å². The fourth-order valence-corrected chi connectivity index (χ4v) is 7.09. The molecule has 10 N–H and O–H groups in total. The topological polar surface area (TPSA) is 262 Å². The monoisotopic (exact) mass is 742 g/mol. The maximum absolute atomic E-state index is 14.0. The number of aliphatic hydroxyl groups excluding tert-OH is 1. The van der Waals surface area contributed by atoms with Gasteiger partial charge in [0.1, 0.15) is 17.6 Å². The lowest BCUT2D eigenvalue weighted by atomic mass is 9.80.